The second-order valence-electron chi connectivity index (χ2n) is 13.1. The maximum absolute atomic E-state index is 2.24. The van der Waals surface area contributed by atoms with Gasteiger partial charge in [0.15, 0.2) is 0 Å². The van der Waals surface area contributed by atoms with Crippen LogP contribution in [0.2, 0.25) is 0 Å². The van der Waals surface area contributed by atoms with Crippen LogP contribution in [0.25, 0.3) is 65.7 Å². The van der Waals surface area contributed by atoms with Gasteiger partial charge in [0.05, 0.1) is 0 Å². The van der Waals surface area contributed by atoms with Gasteiger partial charge in [0.1, 0.15) is 0 Å². The van der Waals surface area contributed by atoms with Crippen LogP contribution in [0.1, 0.15) is 16.7 Å². The summed E-state index contributed by atoms with van der Waals surface area (Å²) in [4.78, 5) is 0. The number of benzene rings is 9. The molecule has 0 unspecified atom stereocenters. The lowest BCUT2D eigenvalue weighted by atomic mass is 9.95. The van der Waals surface area contributed by atoms with Crippen LogP contribution in [0.3, 0.4) is 0 Å². The lowest BCUT2D eigenvalue weighted by Crippen LogP contribution is -1.84. The van der Waals surface area contributed by atoms with Gasteiger partial charge in [0.2, 0.25) is 0 Å². The average Bonchev–Trinajstić information content (AvgIpc) is 3.18. The molecule has 0 heteroatoms. The molecule has 0 atom stereocenters. The topological polar surface area (TPSA) is 0 Å². The molecule has 0 saturated carbocycles. The molecule has 0 saturated heterocycles. The van der Waals surface area contributed by atoms with Crippen LogP contribution in [-0.4, -0.2) is 0 Å². The summed E-state index contributed by atoms with van der Waals surface area (Å²) in [6.45, 7) is 6.42. The lowest BCUT2D eigenvalue weighted by molar-refractivity contribution is 1.47. The molecule has 0 aromatic heterocycles. The number of hydrogen-bond acceptors (Lipinski definition) is 0. The molecule has 0 fully saturated rings. The quantitative estimate of drug-likeness (QED) is 0.178. The van der Waals surface area contributed by atoms with Crippen molar-refractivity contribution in [1.82, 2.24) is 0 Å². The molecule has 51 heavy (non-hydrogen) atoms. The Morgan fingerprint density at radius 1 is 0.255 bits per heavy atom. The number of hydrogen-bond donors (Lipinski definition) is 0. The highest BCUT2D eigenvalue weighted by Crippen LogP contribution is 2.32. The second-order valence-corrected chi connectivity index (χ2v) is 13.1. The minimum Gasteiger partial charge on any atom is -0.0620 e. The summed E-state index contributed by atoms with van der Waals surface area (Å²) in [5, 5.41) is 7.86. The summed E-state index contributed by atoms with van der Waals surface area (Å²) < 4.78 is 0. The normalized spacial score (nSPS) is 10.6. The van der Waals surface area contributed by atoms with Gasteiger partial charge in [-0.25, -0.2) is 0 Å². The van der Waals surface area contributed by atoms with Gasteiger partial charge in [-0.2, -0.15) is 0 Å². The van der Waals surface area contributed by atoms with E-state index in [0.717, 1.165) is 0 Å². The second kappa shape index (κ2) is 15.5. The van der Waals surface area contributed by atoms with Gasteiger partial charge >= 0.3 is 0 Å². The van der Waals surface area contributed by atoms with Gasteiger partial charge in [0, 0.05) is 0 Å². The van der Waals surface area contributed by atoms with Crippen LogP contribution in [0.15, 0.2) is 200 Å². The monoisotopic (exact) mass is 654 g/mol. The fraction of sp³-hybridized carbons (Fsp3) is 0.0588. The first-order chi connectivity index (χ1) is 25.0. The summed E-state index contributed by atoms with van der Waals surface area (Å²) in [7, 11) is 0. The van der Waals surface area contributed by atoms with E-state index < -0.39 is 0 Å². The third-order valence-corrected chi connectivity index (χ3v) is 9.50. The van der Waals surface area contributed by atoms with Crippen LogP contribution in [0.5, 0.6) is 0 Å². The zero-order chi connectivity index (χ0) is 35.0. The standard InChI is InChI=1S/3C17H14/c1-13-7-2-4-10-15(13)17-12-6-9-14-8-3-5-11-16(14)17;1-13-6-4-9-15(12-13)17-11-5-8-14-7-2-3-10-16(14)17;1-13-9-11-15(12-10-13)17-8-4-6-14-5-2-3-7-16(14)17/h3*2-12H,1H3. The van der Waals surface area contributed by atoms with Crippen molar-refractivity contribution < 1.29 is 0 Å². The van der Waals surface area contributed by atoms with E-state index in [9.17, 15) is 0 Å². The molecule has 9 rings (SSSR count). The molecule has 0 heterocycles. The van der Waals surface area contributed by atoms with Gasteiger partial charge < -0.3 is 0 Å². The first kappa shape index (κ1) is 33.3. The van der Waals surface area contributed by atoms with E-state index in [2.05, 4.69) is 221 Å². The van der Waals surface area contributed by atoms with Crippen molar-refractivity contribution in [3.05, 3.63) is 217 Å². The van der Waals surface area contributed by atoms with Crippen molar-refractivity contribution in [3.8, 4) is 33.4 Å². The first-order valence-electron chi connectivity index (χ1n) is 17.7. The highest BCUT2D eigenvalue weighted by Gasteiger charge is 2.06. The Morgan fingerprint density at radius 2 is 0.667 bits per heavy atom. The molecule has 0 nitrogen and oxygen atoms in total. The molecule has 246 valence electrons. The Morgan fingerprint density at radius 3 is 1.22 bits per heavy atom. The smallest absolute Gasteiger partial charge is 0.0103 e. The minimum atomic E-state index is 1.28. The van der Waals surface area contributed by atoms with Crippen molar-refractivity contribution in [2.24, 2.45) is 0 Å². The number of fused-ring (bicyclic) bond motifs is 3. The van der Waals surface area contributed by atoms with E-state index in [0.29, 0.717) is 0 Å². The van der Waals surface area contributed by atoms with Crippen LogP contribution in [0, 0.1) is 20.8 Å². The highest BCUT2D eigenvalue weighted by molar-refractivity contribution is 5.98. The van der Waals surface area contributed by atoms with E-state index in [1.54, 1.807) is 0 Å². The van der Waals surface area contributed by atoms with Gasteiger partial charge in [-0.3, -0.25) is 0 Å². The third kappa shape index (κ3) is 7.67. The van der Waals surface area contributed by atoms with Crippen molar-refractivity contribution >= 4 is 32.3 Å². The minimum absolute atomic E-state index is 1.28. The molecular formula is C51H42. The van der Waals surface area contributed by atoms with E-state index in [1.807, 2.05) is 0 Å². The zero-order valence-corrected chi connectivity index (χ0v) is 29.6. The van der Waals surface area contributed by atoms with Crippen LogP contribution in [0.4, 0.5) is 0 Å². The van der Waals surface area contributed by atoms with Gasteiger partial charge in [0.25, 0.3) is 0 Å². The fourth-order valence-corrected chi connectivity index (χ4v) is 6.84. The van der Waals surface area contributed by atoms with Crippen LogP contribution in [-0.2, 0) is 0 Å². The molecule has 9 aromatic rings. The Balaban J connectivity index is 0.000000119. The lowest BCUT2D eigenvalue weighted by Gasteiger charge is -2.09. The third-order valence-electron chi connectivity index (χ3n) is 9.50. The van der Waals surface area contributed by atoms with Crippen molar-refractivity contribution in [2.75, 3.05) is 0 Å². The first-order valence-corrected chi connectivity index (χ1v) is 17.7. The molecule has 0 spiro atoms. The summed E-state index contributed by atoms with van der Waals surface area (Å²) in [6.07, 6.45) is 0. The molecule has 0 N–H and O–H groups in total. The van der Waals surface area contributed by atoms with Gasteiger partial charge in [-0.05, 0) is 92.0 Å². The highest BCUT2D eigenvalue weighted by atomic mass is 14.1. The number of aryl methyl sites for hydroxylation is 3. The SMILES string of the molecule is Cc1ccc(-c2cccc3ccccc23)cc1.Cc1cccc(-c2cccc3ccccc23)c1.Cc1ccccc1-c1cccc2ccccc12. The van der Waals surface area contributed by atoms with Gasteiger partial charge in [-0.1, -0.05) is 211 Å². The van der Waals surface area contributed by atoms with E-state index in [-0.39, 0.29) is 0 Å². The van der Waals surface area contributed by atoms with E-state index in [4.69, 9.17) is 0 Å². The summed E-state index contributed by atoms with van der Waals surface area (Å²) in [5.41, 5.74) is 11.8. The molecule has 0 aliphatic carbocycles. The Hall–Kier alpha value is -6.24. The van der Waals surface area contributed by atoms with Crippen molar-refractivity contribution in [3.63, 3.8) is 0 Å². The average molecular weight is 655 g/mol. The molecule has 0 aliphatic rings. The zero-order valence-electron chi connectivity index (χ0n) is 29.6. The van der Waals surface area contributed by atoms with E-state index >= 15 is 0 Å². The summed E-state index contributed by atoms with van der Waals surface area (Å²) in [5.74, 6) is 0. The summed E-state index contributed by atoms with van der Waals surface area (Å²) >= 11 is 0. The molecule has 0 amide bonds. The van der Waals surface area contributed by atoms with Crippen LogP contribution >= 0.6 is 0 Å². The van der Waals surface area contributed by atoms with Crippen molar-refractivity contribution in [1.29, 1.82) is 0 Å². The van der Waals surface area contributed by atoms with E-state index in [1.165, 1.54) is 82.4 Å². The maximum Gasteiger partial charge on any atom is -0.0103 e. The van der Waals surface area contributed by atoms with Gasteiger partial charge in [-0.15, -0.1) is 0 Å². The largest absolute Gasteiger partial charge is 0.0620 e. The Bertz CT molecular complexity index is 2540. The Kier molecular flexibility index (Phi) is 10.1. The molecule has 0 bridgehead atoms. The fourth-order valence-electron chi connectivity index (χ4n) is 6.84. The molecule has 0 aliphatic heterocycles. The van der Waals surface area contributed by atoms with Crippen LogP contribution < -0.4 is 0 Å². The molecule has 9 aromatic carbocycles. The maximum atomic E-state index is 2.24. The Labute approximate surface area is 302 Å². The molecular weight excluding hydrogens is 613 g/mol. The summed E-state index contributed by atoms with van der Waals surface area (Å²) in [6, 6.07) is 71.0. The molecule has 0 radical (unpaired) electrons. The predicted molar refractivity (Wildman–Crippen MR) is 222 cm³/mol. The number of rotatable bonds is 3. The van der Waals surface area contributed by atoms with Crippen molar-refractivity contribution in [2.45, 2.75) is 20.8 Å². The predicted octanol–water partition coefficient (Wildman–Crippen LogP) is 14.4.